The molecule has 0 aromatic carbocycles. The molecule has 1 N–H and O–H groups in total. The highest BCUT2D eigenvalue weighted by atomic mass is 16.5. The van der Waals surface area contributed by atoms with Gasteiger partial charge in [-0.25, -0.2) is 0 Å². The summed E-state index contributed by atoms with van der Waals surface area (Å²) in [7, 11) is 0. The molecule has 2 atom stereocenters. The number of ether oxygens (including phenoxy) is 2. The number of nitrogens with one attached hydrogen (secondary N) is 1. The molecule has 0 aromatic rings. The molecule has 0 saturated carbocycles. The predicted molar refractivity (Wildman–Crippen MR) is 66.7 cm³/mol. The Hall–Kier alpha value is -0.120. The molecule has 1 rings (SSSR count). The van der Waals surface area contributed by atoms with Gasteiger partial charge in [0.25, 0.3) is 0 Å². The molecule has 0 radical (unpaired) electrons. The minimum Gasteiger partial charge on any atom is -0.380 e. The first kappa shape index (κ1) is 13.9. The molecule has 0 aromatic heterocycles. The molecule has 96 valence electrons. The zero-order chi connectivity index (χ0) is 11.8. The van der Waals surface area contributed by atoms with Crippen LogP contribution in [0.1, 0.15) is 40.0 Å². The lowest BCUT2D eigenvalue weighted by molar-refractivity contribution is 0.0116. The third-order valence-electron chi connectivity index (χ3n) is 3.00. The quantitative estimate of drug-likeness (QED) is 0.679. The molecule has 1 saturated heterocycles. The van der Waals surface area contributed by atoms with Crippen molar-refractivity contribution in [3.05, 3.63) is 0 Å². The molecule has 1 aliphatic rings. The Bertz CT molecular complexity index is 173. The van der Waals surface area contributed by atoms with Crippen LogP contribution in [0.4, 0.5) is 0 Å². The van der Waals surface area contributed by atoms with E-state index in [9.17, 15) is 0 Å². The van der Waals surface area contributed by atoms with E-state index in [1.807, 2.05) is 0 Å². The van der Waals surface area contributed by atoms with Gasteiger partial charge in [0.15, 0.2) is 0 Å². The van der Waals surface area contributed by atoms with Crippen LogP contribution < -0.4 is 5.32 Å². The molecule has 1 heterocycles. The highest BCUT2D eigenvalue weighted by Crippen LogP contribution is 2.12. The van der Waals surface area contributed by atoms with E-state index in [2.05, 4.69) is 26.1 Å². The van der Waals surface area contributed by atoms with Crippen LogP contribution in [-0.4, -0.2) is 38.5 Å². The lowest BCUT2D eigenvalue weighted by Gasteiger charge is -2.28. The Morgan fingerprint density at radius 2 is 2.19 bits per heavy atom. The van der Waals surface area contributed by atoms with Gasteiger partial charge in [-0.15, -0.1) is 0 Å². The van der Waals surface area contributed by atoms with Crippen molar-refractivity contribution in [2.75, 3.05) is 26.4 Å². The van der Waals surface area contributed by atoms with Crippen LogP contribution >= 0.6 is 0 Å². The summed E-state index contributed by atoms with van der Waals surface area (Å²) in [5.74, 6) is 0.740. The van der Waals surface area contributed by atoms with Gasteiger partial charge >= 0.3 is 0 Å². The molecule has 1 aliphatic heterocycles. The van der Waals surface area contributed by atoms with Gasteiger partial charge in [0.05, 0.1) is 12.7 Å². The fourth-order valence-corrected chi connectivity index (χ4v) is 1.94. The standard InChI is InChI=1S/C13H27NO2/c1-11(2)4-7-15-9-6-14-13-5-8-16-12(3)10-13/h11-14H,4-10H2,1-3H3. The second-order valence-corrected chi connectivity index (χ2v) is 5.15. The highest BCUT2D eigenvalue weighted by Gasteiger charge is 2.18. The van der Waals surface area contributed by atoms with Crippen LogP contribution in [0, 0.1) is 5.92 Å². The van der Waals surface area contributed by atoms with Gasteiger partial charge in [0, 0.05) is 25.8 Å². The summed E-state index contributed by atoms with van der Waals surface area (Å²) in [6.07, 6.45) is 3.84. The zero-order valence-corrected chi connectivity index (χ0v) is 11.0. The molecule has 0 amide bonds. The molecule has 0 spiro atoms. The Morgan fingerprint density at radius 1 is 1.38 bits per heavy atom. The maximum atomic E-state index is 5.57. The van der Waals surface area contributed by atoms with Gasteiger partial charge in [-0.05, 0) is 32.1 Å². The normalized spacial score (nSPS) is 26.2. The Morgan fingerprint density at radius 3 is 2.88 bits per heavy atom. The maximum absolute atomic E-state index is 5.57. The molecule has 0 bridgehead atoms. The molecule has 16 heavy (non-hydrogen) atoms. The lowest BCUT2D eigenvalue weighted by atomic mass is 10.0. The molecule has 2 unspecified atom stereocenters. The smallest absolute Gasteiger partial charge is 0.0591 e. The largest absolute Gasteiger partial charge is 0.380 e. The van der Waals surface area contributed by atoms with E-state index in [0.29, 0.717) is 12.1 Å². The average molecular weight is 229 g/mol. The van der Waals surface area contributed by atoms with Crippen molar-refractivity contribution < 1.29 is 9.47 Å². The molecule has 1 fully saturated rings. The summed E-state index contributed by atoms with van der Waals surface area (Å²) in [4.78, 5) is 0. The van der Waals surface area contributed by atoms with Gasteiger partial charge in [0.2, 0.25) is 0 Å². The van der Waals surface area contributed by atoms with E-state index in [0.717, 1.165) is 51.5 Å². The first-order valence-electron chi connectivity index (χ1n) is 6.61. The van der Waals surface area contributed by atoms with Crippen LogP contribution in [0.15, 0.2) is 0 Å². The van der Waals surface area contributed by atoms with Crippen molar-refractivity contribution in [2.45, 2.75) is 52.2 Å². The summed E-state index contributed by atoms with van der Waals surface area (Å²) < 4.78 is 11.1. The number of hydrogen-bond acceptors (Lipinski definition) is 3. The van der Waals surface area contributed by atoms with Crippen LogP contribution in [0.2, 0.25) is 0 Å². The minimum atomic E-state index is 0.410. The summed E-state index contributed by atoms with van der Waals surface area (Å²) in [6.45, 7) is 10.2. The summed E-state index contributed by atoms with van der Waals surface area (Å²) in [5, 5.41) is 3.54. The maximum Gasteiger partial charge on any atom is 0.0591 e. The first-order valence-corrected chi connectivity index (χ1v) is 6.61. The molecule has 3 heteroatoms. The van der Waals surface area contributed by atoms with E-state index in [1.54, 1.807) is 0 Å². The molecule has 0 aliphatic carbocycles. The van der Waals surface area contributed by atoms with Crippen molar-refractivity contribution in [3.8, 4) is 0 Å². The van der Waals surface area contributed by atoms with E-state index >= 15 is 0 Å². The Balaban J connectivity index is 1.90. The summed E-state index contributed by atoms with van der Waals surface area (Å²) >= 11 is 0. The van der Waals surface area contributed by atoms with Crippen molar-refractivity contribution >= 4 is 0 Å². The third-order valence-corrected chi connectivity index (χ3v) is 3.00. The van der Waals surface area contributed by atoms with Crippen molar-refractivity contribution in [1.82, 2.24) is 5.32 Å². The van der Waals surface area contributed by atoms with Crippen LogP contribution in [0.3, 0.4) is 0 Å². The van der Waals surface area contributed by atoms with Crippen molar-refractivity contribution in [3.63, 3.8) is 0 Å². The van der Waals surface area contributed by atoms with Gasteiger partial charge in [-0.2, -0.15) is 0 Å². The second-order valence-electron chi connectivity index (χ2n) is 5.15. The highest BCUT2D eigenvalue weighted by molar-refractivity contribution is 4.74. The fourth-order valence-electron chi connectivity index (χ4n) is 1.94. The van der Waals surface area contributed by atoms with Crippen LogP contribution in [-0.2, 0) is 9.47 Å². The van der Waals surface area contributed by atoms with E-state index in [-0.39, 0.29) is 0 Å². The molecule has 3 nitrogen and oxygen atoms in total. The Labute approximate surface area is 99.9 Å². The third kappa shape index (κ3) is 6.46. The van der Waals surface area contributed by atoms with E-state index in [4.69, 9.17) is 9.47 Å². The SMILES string of the molecule is CC(C)CCOCCNC1CCOC(C)C1. The van der Waals surface area contributed by atoms with Gasteiger partial charge < -0.3 is 14.8 Å². The van der Waals surface area contributed by atoms with Gasteiger partial charge in [-0.3, -0.25) is 0 Å². The van der Waals surface area contributed by atoms with Crippen molar-refractivity contribution in [1.29, 1.82) is 0 Å². The fraction of sp³-hybridized carbons (Fsp3) is 1.00. The Kier molecular flexibility index (Phi) is 7.01. The second kappa shape index (κ2) is 8.04. The molecular formula is C13H27NO2. The summed E-state index contributed by atoms with van der Waals surface area (Å²) in [5.41, 5.74) is 0. The van der Waals surface area contributed by atoms with E-state index < -0.39 is 0 Å². The predicted octanol–water partition coefficient (Wildman–Crippen LogP) is 2.21. The van der Waals surface area contributed by atoms with Crippen molar-refractivity contribution in [2.24, 2.45) is 5.92 Å². The lowest BCUT2D eigenvalue weighted by Crippen LogP contribution is -2.39. The summed E-state index contributed by atoms with van der Waals surface area (Å²) in [6, 6.07) is 0.623. The molecular weight excluding hydrogens is 202 g/mol. The number of rotatable bonds is 7. The monoisotopic (exact) mass is 229 g/mol. The minimum absolute atomic E-state index is 0.410. The van der Waals surface area contributed by atoms with Gasteiger partial charge in [-0.1, -0.05) is 13.8 Å². The van der Waals surface area contributed by atoms with E-state index in [1.165, 1.54) is 0 Å². The zero-order valence-electron chi connectivity index (χ0n) is 11.0. The van der Waals surface area contributed by atoms with Gasteiger partial charge in [0.1, 0.15) is 0 Å². The average Bonchev–Trinajstić information content (AvgIpc) is 2.23. The first-order chi connectivity index (χ1) is 7.68. The van der Waals surface area contributed by atoms with Crippen LogP contribution in [0.25, 0.3) is 0 Å². The topological polar surface area (TPSA) is 30.5 Å². The van der Waals surface area contributed by atoms with Crippen LogP contribution in [0.5, 0.6) is 0 Å². The number of hydrogen-bond donors (Lipinski definition) is 1.